The van der Waals surface area contributed by atoms with Gasteiger partial charge in [-0.05, 0) is 57.5 Å². The highest BCUT2D eigenvalue weighted by Gasteiger charge is 2.32. The fourth-order valence-electron chi connectivity index (χ4n) is 3.52. The molecule has 0 aromatic heterocycles. The number of carboxylic acids is 2. The van der Waals surface area contributed by atoms with Crippen LogP contribution in [0.25, 0.3) is 0 Å². The molecule has 1 aliphatic rings. The predicted molar refractivity (Wildman–Crippen MR) is 119 cm³/mol. The van der Waals surface area contributed by atoms with Gasteiger partial charge in [0.15, 0.2) is 0 Å². The molecule has 1 heterocycles. The third-order valence-corrected chi connectivity index (χ3v) is 5.47. The second-order valence-corrected chi connectivity index (χ2v) is 8.56. The first-order valence-electron chi connectivity index (χ1n) is 11.4. The molecular weight excluding hydrogens is 434 g/mol. The first kappa shape index (κ1) is 28.3. The summed E-state index contributed by atoms with van der Waals surface area (Å²) < 4.78 is 0. The van der Waals surface area contributed by atoms with Crippen molar-refractivity contribution in [2.24, 2.45) is 11.7 Å². The fraction of sp³-hybridized carbons (Fsp3) is 0.762. The van der Waals surface area contributed by atoms with Gasteiger partial charge in [-0.3, -0.25) is 19.2 Å². The normalized spacial score (nSPS) is 18.2. The van der Waals surface area contributed by atoms with E-state index in [0.29, 0.717) is 32.4 Å². The van der Waals surface area contributed by atoms with E-state index in [1.807, 2.05) is 0 Å². The highest BCUT2D eigenvalue weighted by Crippen LogP contribution is 2.09. The minimum absolute atomic E-state index is 0.152. The van der Waals surface area contributed by atoms with Crippen molar-refractivity contribution in [3.8, 4) is 0 Å². The average molecular weight is 472 g/mol. The lowest BCUT2D eigenvalue weighted by Gasteiger charge is -2.26. The third kappa shape index (κ3) is 10.2. The van der Waals surface area contributed by atoms with Gasteiger partial charge in [-0.1, -0.05) is 13.8 Å². The highest BCUT2D eigenvalue weighted by atomic mass is 16.4. The Morgan fingerprint density at radius 2 is 1.61 bits per heavy atom. The fourth-order valence-corrected chi connectivity index (χ4v) is 3.52. The number of unbranched alkanes of at least 4 members (excludes halogenated alkanes) is 1. The molecule has 1 saturated heterocycles. The molecule has 0 spiro atoms. The Morgan fingerprint density at radius 3 is 2.12 bits per heavy atom. The summed E-state index contributed by atoms with van der Waals surface area (Å²) in [5.41, 5.74) is 5.51. The minimum Gasteiger partial charge on any atom is -0.481 e. The van der Waals surface area contributed by atoms with Crippen molar-refractivity contribution in [1.29, 1.82) is 0 Å². The number of aliphatic carboxylic acids is 2. The Labute approximate surface area is 193 Å². The largest absolute Gasteiger partial charge is 0.481 e. The monoisotopic (exact) mass is 471 g/mol. The van der Waals surface area contributed by atoms with Crippen molar-refractivity contribution in [3.63, 3.8) is 0 Å². The van der Waals surface area contributed by atoms with Gasteiger partial charge in [0.25, 0.3) is 0 Å². The molecule has 0 aromatic carbocycles. The molecule has 1 rings (SSSR count). The Morgan fingerprint density at radius 1 is 0.970 bits per heavy atom. The Balaban J connectivity index is 2.93. The zero-order chi connectivity index (χ0) is 25.0. The van der Waals surface area contributed by atoms with E-state index in [-0.39, 0.29) is 25.2 Å². The van der Waals surface area contributed by atoms with Crippen LogP contribution in [0.4, 0.5) is 0 Å². The number of rotatable bonds is 15. The highest BCUT2D eigenvalue weighted by molar-refractivity contribution is 5.94. The summed E-state index contributed by atoms with van der Waals surface area (Å²) in [7, 11) is 0. The SMILES string of the molecule is CC(C)C(NC(=O)C(CCCCN)NC(=O)C(CCC(=O)O)NC(=O)C1CCCN1)C(=O)O. The van der Waals surface area contributed by atoms with Gasteiger partial charge in [0.2, 0.25) is 17.7 Å². The van der Waals surface area contributed by atoms with Crippen LogP contribution >= 0.6 is 0 Å². The molecule has 0 aliphatic carbocycles. The minimum atomic E-state index is -1.19. The first-order valence-corrected chi connectivity index (χ1v) is 11.4. The number of nitrogens with two attached hydrogens (primary N) is 1. The van der Waals surface area contributed by atoms with Crippen LogP contribution in [-0.4, -0.2) is 77.1 Å². The molecule has 0 saturated carbocycles. The molecule has 0 bridgehead atoms. The van der Waals surface area contributed by atoms with Crippen molar-refractivity contribution in [3.05, 3.63) is 0 Å². The maximum absolute atomic E-state index is 12.9. The van der Waals surface area contributed by atoms with E-state index in [4.69, 9.17) is 10.8 Å². The van der Waals surface area contributed by atoms with Crippen LogP contribution in [0.15, 0.2) is 0 Å². The predicted octanol–water partition coefficient (Wildman–Crippen LogP) is -1.07. The van der Waals surface area contributed by atoms with Gasteiger partial charge in [0.05, 0.1) is 6.04 Å². The molecule has 1 fully saturated rings. The summed E-state index contributed by atoms with van der Waals surface area (Å²) in [5, 5.41) is 29.0. The number of hydrogen-bond acceptors (Lipinski definition) is 7. The summed E-state index contributed by atoms with van der Waals surface area (Å²) >= 11 is 0. The van der Waals surface area contributed by atoms with E-state index in [2.05, 4.69) is 21.3 Å². The Bertz CT molecular complexity index is 694. The van der Waals surface area contributed by atoms with Crippen molar-refractivity contribution in [2.45, 2.75) is 83.0 Å². The van der Waals surface area contributed by atoms with Crippen molar-refractivity contribution in [2.75, 3.05) is 13.1 Å². The standard InChI is InChI=1S/C21H37N5O7/c1-12(2)17(21(32)33)26-20(31)14(6-3-4-10-22)24-19(30)15(8-9-16(27)28)25-18(29)13-7-5-11-23-13/h12-15,17,23H,3-11,22H2,1-2H3,(H,24,30)(H,25,29)(H,26,31)(H,27,28)(H,32,33). The molecule has 4 unspecified atom stereocenters. The summed E-state index contributed by atoms with van der Waals surface area (Å²) in [6, 6.07) is -3.81. The molecule has 12 nitrogen and oxygen atoms in total. The number of carboxylic acid groups (broad SMARTS) is 2. The summed E-state index contributed by atoms with van der Waals surface area (Å²) in [6.45, 7) is 4.36. The number of hydrogen-bond donors (Lipinski definition) is 7. The molecule has 3 amide bonds. The van der Waals surface area contributed by atoms with Crippen LogP contribution < -0.4 is 27.0 Å². The lowest BCUT2D eigenvalue weighted by Crippen LogP contribution is -2.57. The summed E-state index contributed by atoms with van der Waals surface area (Å²) in [5.74, 6) is -4.48. The lowest BCUT2D eigenvalue weighted by atomic mass is 10.0. The van der Waals surface area contributed by atoms with E-state index in [1.54, 1.807) is 13.8 Å². The average Bonchev–Trinajstić information content (AvgIpc) is 3.28. The van der Waals surface area contributed by atoms with E-state index in [0.717, 1.165) is 6.42 Å². The van der Waals surface area contributed by atoms with Crippen molar-refractivity contribution >= 4 is 29.7 Å². The Hall–Kier alpha value is -2.73. The topological polar surface area (TPSA) is 200 Å². The molecule has 33 heavy (non-hydrogen) atoms. The number of carbonyl (C=O) groups is 5. The zero-order valence-electron chi connectivity index (χ0n) is 19.3. The smallest absolute Gasteiger partial charge is 0.326 e. The molecule has 0 radical (unpaired) electrons. The first-order chi connectivity index (χ1) is 15.6. The van der Waals surface area contributed by atoms with Gasteiger partial charge in [-0.2, -0.15) is 0 Å². The summed E-state index contributed by atoms with van der Waals surface area (Å²) in [6.07, 6.45) is 2.23. The van der Waals surface area contributed by atoms with Gasteiger partial charge in [0.1, 0.15) is 18.1 Å². The molecule has 8 N–H and O–H groups in total. The Kier molecular flexibility index (Phi) is 12.4. The molecular formula is C21H37N5O7. The molecule has 0 aromatic rings. The number of amides is 3. The van der Waals surface area contributed by atoms with Gasteiger partial charge < -0.3 is 37.2 Å². The van der Waals surface area contributed by atoms with Crippen LogP contribution in [0.2, 0.25) is 0 Å². The third-order valence-electron chi connectivity index (χ3n) is 5.47. The number of carbonyl (C=O) groups excluding carboxylic acids is 3. The van der Waals surface area contributed by atoms with Gasteiger partial charge >= 0.3 is 11.9 Å². The van der Waals surface area contributed by atoms with Crippen LogP contribution in [-0.2, 0) is 24.0 Å². The molecule has 188 valence electrons. The van der Waals surface area contributed by atoms with E-state index < -0.39 is 53.8 Å². The zero-order valence-corrected chi connectivity index (χ0v) is 19.3. The summed E-state index contributed by atoms with van der Waals surface area (Å²) in [4.78, 5) is 60.7. The second kappa shape index (κ2) is 14.4. The maximum atomic E-state index is 12.9. The van der Waals surface area contributed by atoms with E-state index >= 15 is 0 Å². The van der Waals surface area contributed by atoms with Crippen molar-refractivity contribution < 1.29 is 34.2 Å². The number of nitrogens with one attached hydrogen (secondary N) is 4. The molecule has 12 heteroatoms. The van der Waals surface area contributed by atoms with E-state index in [9.17, 15) is 29.1 Å². The van der Waals surface area contributed by atoms with Gasteiger partial charge in [-0.25, -0.2) is 4.79 Å². The lowest BCUT2D eigenvalue weighted by molar-refractivity contribution is -0.143. The second-order valence-electron chi connectivity index (χ2n) is 8.56. The van der Waals surface area contributed by atoms with E-state index in [1.165, 1.54) is 0 Å². The molecule has 1 aliphatic heterocycles. The quantitative estimate of drug-likeness (QED) is 0.145. The maximum Gasteiger partial charge on any atom is 0.326 e. The molecule has 4 atom stereocenters. The van der Waals surface area contributed by atoms with Crippen LogP contribution in [0.1, 0.15) is 58.8 Å². The van der Waals surface area contributed by atoms with Crippen molar-refractivity contribution in [1.82, 2.24) is 21.3 Å². The van der Waals surface area contributed by atoms with Gasteiger partial charge in [-0.15, -0.1) is 0 Å². The van der Waals surface area contributed by atoms with Crippen LogP contribution in [0.3, 0.4) is 0 Å². The van der Waals surface area contributed by atoms with Crippen LogP contribution in [0.5, 0.6) is 0 Å². The van der Waals surface area contributed by atoms with Crippen LogP contribution in [0, 0.1) is 5.92 Å². The van der Waals surface area contributed by atoms with Gasteiger partial charge in [0, 0.05) is 6.42 Å².